The summed E-state index contributed by atoms with van der Waals surface area (Å²) in [5, 5.41) is 5.02. The Hall–Kier alpha value is -1.15. The van der Waals surface area contributed by atoms with E-state index in [1.165, 1.54) is 12.1 Å². The third-order valence-corrected chi connectivity index (χ3v) is 3.37. The van der Waals surface area contributed by atoms with Crippen LogP contribution >= 0.6 is 0 Å². The molecule has 102 valence electrons. The van der Waals surface area contributed by atoms with Gasteiger partial charge in [-0.1, -0.05) is 0 Å². The Balaban J connectivity index is 2.57. The van der Waals surface area contributed by atoms with E-state index in [4.69, 9.17) is 15.6 Å². The predicted octanol–water partition coefficient (Wildman–Crippen LogP) is -0.254. The Morgan fingerprint density at radius 3 is 2.33 bits per heavy atom. The van der Waals surface area contributed by atoms with Crippen LogP contribution in [0, 0.1) is 0 Å². The van der Waals surface area contributed by atoms with E-state index < -0.39 is 10.0 Å². The Morgan fingerprint density at radius 2 is 1.83 bits per heavy atom. The summed E-state index contributed by atoms with van der Waals surface area (Å²) in [6.07, 6.45) is 0. The molecule has 0 bridgehead atoms. The number of anilines is 1. The van der Waals surface area contributed by atoms with Crippen molar-refractivity contribution in [3.8, 4) is 0 Å². The monoisotopic (exact) mass is 273 g/mol. The van der Waals surface area contributed by atoms with Crippen molar-refractivity contribution in [1.29, 1.82) is 0 Å². The number of primary sulfonamides is 1. The number of ether oxygens (including phenoxy) is 1. The molecule has 0 spiro atoms. The van der Waals surface area contributed by atoms with Gasteiger partial charge >= 0.3 is 0 Å². The summed E-state index contributed by atoms with van der Waals surface area (Å²) in [4.78, 5) is 2.07. The molecule has 4 N–H and O–H groups in total. The molecule has 0 saturated heterocycles. The average Bonchev–Trinajstić information content (AvgIpc) is 2.33. The summed E-state index contributed by atoms with van der Waals surface area (Å²) in [5.74, 6) is 0. The number of nitrogens with zero attached hydrogens (tertiary/aromatic N) is 1. The summed E-state index contributed by atoms with van der Waals surface area (Å²) < 4.78 is 27.5. The van der Waals surface area contributed by atoms with Crippen LogP contribution in [0.3, 0.4) is 0 Å². The first-order valence-corrected chi connectivity index (χ1v) is 7.11. The number of benzene rings is 1. The molecule has 0 fully saturated rings. The Bertz CT molecular complexity index is 459. The molecule has 0 amide bonds. The third kappa shape index (κ3) is 4.61. The molecule has 6 nitrogen and oxygen atoms in total. The maximum absolute atomic E-state index is 11.1. The number of sulfonamides is 1. The first kappa shape index (κ1) is 14.9. The van der Waals surface area contributed by atoms with Crippen LogP contribution in [0.1, 0.15) is 0 Å². The molecule has 18 heavy (non-hydrogen) atoms. The molecule has 0 radical (unpaired) electrons. The van der Waals surface area contributed by atoms with Crippen molar-refractivity contribution in [2.24, 2.45) is 10.9 Å². The molecule has 0 unspecified atom stereocenters. The van der Waals surface area contributed by atoms with Crippen molar-refractivity contribution in [2.45, 2.75) is 4.90 Å². The minimum Gasteiger partial charge on any atom is -0.378 e. The van der Waals surface area contributed by atoms with Crippen LogP contribution in [0.25, 0.3) is 0 Å². The maximum Gasteiger partial charge on any atom is 0.238 e. The molecule has 7 heteroatoms. The topological polar surface area (TPSA) is 98.7 Å². The zero-order valence-electron chi connectivity index (χ0n) is 10.4. The van der Waals surface area contributed by atoms with Gasteiger partial charge in [0.1, 0.15) is 0 Å². The smallest absolute Gasteiger partial charge is 0.238 e. The van der Waals surface area contributed by atoms with Gasteiger partial charge in [0.25, 0.3) is 0 Å². The highest BCUT2D eigenvalue weighted by atomic mass is 32.2. The molecular weight excluding hydrogens is 254 g/mol. The van der Waals surface area contributed by atoms with Crippen LogP contribution in [-0.4, -0.2) is 41.8 Å². The van der Waals surface area contributed by atoms with Gasteiger partial charge in [-0.3, -0.25) is 0 Å². The summed E-state index contributed by atoms with van der Waals surface area (Å²) in [6, 6.07) is 6.40. The van der Waals surface area contributed by atoms with E-state index >= 15 is 0 Å². The SMILES string of the molecule is CN(CCOCCN)c1ccc(S(N)(=O)=O)cc1. The van der Waals surface area contributed by atoms with Crippen molar-refractivity contribution in [3.63, 3.8) is 0 Å². The molecule has 0 aliphatic carbocycles. The van der Waals surface area contributed by atoms with Gasteiger partial charge in [-0.15, -0.1) is 0 Å². The largest absolute Gasteiger partial charge is 0.378 e. The fourth-order valence-electron chi connectivity index (χ4n) is 1.41. The summed E-state index contributed by atoms with van der Waals surface area (Å²) in [6.45, 7) is 2.32. The van der Waals surface area contributed by atoms with Crippen LogP contribution in [0.4, 0.5) is 5.69 Å². The molecule has 0 aromatic heterocycles. The molecule has 0 aliphatic rings. The van der Waals surface area contributed by atoms with Gasteiger partial charge in [-0.25, -0.2) is 13.6 Å². The van der Waals surface area contributed by atoms with Crippen molar-refractivity contribution in [3.05, 3.63) is 24.3 Å². The van der Waals surface area contributed by atoms with E-state index in [-0.39, 0.29) is 4.90 Å². The molecule has 0 saturated carbocycles. The van der Waals surface area contributed by atoms with Gasteiger partial charge in [-0.05, 0) is 24.3 Å². The highest BCUT2D eigenvalue weighted by molar-refractivity contribution is 7.89. The van der Waals surface area contributed by atoms with E-state index in [9.17, 15) is 8.42 Å². The van der Waals surface area contributed by atoms with Gasteiger partial charge in [0.05, 0.1) is 18.1 Å². The molecule has 0 heterocycles. The second-order valence-electron chi connectivity index (χ2n) is 3.86. The molecule has 0 aliphatic heterocycles. The first-order valence-electron chi connectivity index (χ1n) is 5.57. The zero-order valence-corrected chi connectivity index (χ0v) is 11.2. The van der Waals surface area contributed by atoms with Crippen molar-refractivity contribution in [1.82, 2.24) is 0 Å². The van der Waals surface area contributed by atoms with Gasteiger partial charge in [-0.2, -0.15) is 0 Å². The number of nitrogens with two attached hydrogens (primary N) is 2. The molecule has 1 aromatic carbocycles. The van der Waals surface area contributed by atoms with Crippen molar-refractivity contribution >= 4 is 15.7 Å². The molecular formula is C11H19N3O3S. The second kappa shape index (κ2) is 6.69. The lowest BCUT2D eigenvalue weighted by atomic mass is 10.3. The van der Waals surface area contributed by atoms with Gasteiger partial charge in [0.2, 0.25) is 10.0 Å². The molecule has 1 aromatic rings. The quantitative estimate of drug-likeness (QED) is 0.667. The van der Waals surface area contributed by atoms with Crippen LogP contribution < -0.4 is 15.8 Å². The lowest BCUT2D eigenvalue weighted by Crippen LogP contribution is -2.23. The highest BCUT2D eigenvalue weighted by Gasteiger charge is 2.08. The normalized spacial score (nSPS) is 11.5. The summed E-state index contributed by atoms with van der Waals surface area (Å²) in [7, 11) is -1.73. The predicted molar refractivity (Wildman–Crippen MR) is 71.0 cm³/mol. The minimum atomic E-state index is -3.63. The van der Waals surface area contributed by atoms with E-state index in [0.29, 0.717) is 26.3 Å². The van der Waals surface area contributed by atoms with Crippen LogP contribution in [-0.2, 0) is 14.8 Å². The second-order valence-corrected chi connectivity index (χ2v) is 5.42. The van der Waals surface area contributed by atoms with Crippen LogP contribution in [0.5, 0.6) is 0 Å². The fourth-order valence-corrected chi connectivity index (χ4v) is 1.92. The van der Waals surface area contributed by atoms with E-state index in [2.05, 4.69) is 0 Å². The third-order valence-electron chi connectivity index (χ3n) is 2.44. The van der Waals surface area contributed by atoms with Crippen LogP contribution in [0.2, 0.25) is 0 Å². The average molecular weight is 273 g/mol. The molecule has 0 atom stereocenters. The van der Waals surface area contributed by atoms with Crippen LogP contribution in [0.15, 0.2) is 29.2 Å². The summed E-state index contributed by atoms with van der Waals surface area (Å²) >= 11 is 0. The fraction of sp³-hybridized carbons (Fsp3) is 0.455. The standard InChI is InChI=1S/C11H19N3O3S/c1-14(7-9-17-8-6-12)10-2-4-11(5-3-10)18(13,15)16/h2-5H,6-9,12H2,1H3,(H2,13,15,16). The Morgan fingerprint density at radius 1 is 1.22 bits per heavy atom. The Kier molecular flexibility index (Phi) is 5.54. The van der Waals surface area contributed by atoms with Crippen molar-refractivity contribution in [2.75, 3.05) is 38.3 Å². The number of likely N-dealkylation sites (N-methyl/N-ethyl adjacent to an activating group) is 1. The summed E-state index contributed by atoms with van der Waals surface area (Å²) in [5.41, 5.74) is 6.21. The van der Waals surface area contributed by atoms with Gasteiger partial charge in [0.15, 0.2) is 0 Å². The zero-order chi connectivity index (χ0) is 13.6. The lowest BCUT2D eigenvalue weighted by Gasteiger charge is -2.19. The highest BCUT2D eigenvalue weighted by Crippen LogP contribution is 2.15. The van der Waals surface area contributed by atoms with Gasteiger partial charge in [0, 0.05) is 25.8 Å². The lowest BCUT2D eigenvalue weighted by molar-refractivity contribution is 0.148. The minimum absolute atomic E-state index is 0.110. The number of hydrogen-bond donors (Lipinski definition) is 2. The van der Waals surface area contributed by atoms with E-state index in [1.54, 1.807) is 12.1 Å². The van der Waals surface area contributed by atoms with Gasteiger partial charge < -0.3 is 15.4 Å². The Labute approximate surface area is 108 Å². The van der Waals surface area contributed by atoms with Crippen molar-refractivity contribution < 1.29 is 13.2 Å². The first-order chi connectivity index (χ1) is 8.45. The van der Waals surface area contributed by atoms with E-state index in [1.807, 2.05) is 11.9 Å². The van der Waals surface area contributed by atoms with E-state index in [0.717, 1.165) is 5.69 Å². The molecule has 1 rings (SSSR count). The number of rotatable bonds is 7. The number of hydrogen-bond acceptors (Lipinski definition) is 5. The maximum atomic E-state index is 11.1.